The van der Waals surface area contributed by atoms with E-state index in [-0.39, 0.29) is 12.1 Å². The van der Waals surface area contributed by atoms with Crippen LogP contribution in [-0.4, -0.2) is 23.1 Å². The Labute approximate surface area is 109 Å². The third kappa shape index (κ3) is 4.31. The summed E-state index contributed by atoms with van der Waals surface area (Å²) < 4.78 is 5.38. The lowest BCUT2D eigenvalue weighted by molar-refractivity contribution is -0.163. The Morgan fingerprint density at radius 3 is 2.22 bits per heavy atom. The molecule has 0 radical (unpaired) electrons. The van der Waals surface area contributed by atoms with Crippen LogP contribution in [0.2, 0.25) is 0 Å². The topological polar surface area (TPSA) is 63.6 Å². The molecule has 4 heteroatoms. The molecule has 1 N–H and O–H groups in total. The van der Waals surface area contributed by atoms with E-state index in [1.807, 2.05) is 6.92 Å². The standard InChI is InChI=1S/C14H24O4/c1-9(2)8-10(3)18-14(17)12-7-5-4-6-11(12)13(15)16/h9-12H,4-8H2,1-3H3,(H,15,16). The van der Waals surface area contributed by atoms with Crippen molar-refractivity contribution in [2.24, 2.45) is 17.8 Å². The van der Waals surface area contributed by atoms with E-state index in [0.29, 0.717) is 18.8 Å². The summed E-state index contributed by atoms with van der Waals surface area (Å²) in [5, 5.41) is 9.13. The van der Waals surface area contributed by atoms with Crippen LogP contribution in [0, 0.1) is 17.8 Å². The van der Waals surface area contributed by atoms with Crippen LogP contribution in [0.25, 0.3) is 0 Å². The van der Waals surface area contributed by atoms with Gasteiger partial charge in [0, 0.05) is 0 Å². The Balaban J connectivity index is 2.55. The number of carboxylic acids is 1. The highest BCUT2D eigenvalue weighted by Gasteiger charge is 2.37. The van der Waals surface area contributed by atoms with Crippen molar-refractivity contribution >= 4 is 11.9 Å². The number of hydrogen-bond acceptors (Lipinski definition) is 3. The maximum Gasteiger partial charge on any atom is 0.310 e. The van der Waals surface area contributed by atoms with E-state index in [9.17, 15) is 9.59 Å². The molecule has 0 aromatic carbocycles. The molecule has 4 nitrogen and oxygen atoms in total. The van der Waals surface area contributed by atoms with Gasteiger partial charge < -0.3 is 9.84 Å². The molecule has 0 aromatic heterocycles. The third-order valence-corrected chi connectivity index (χ3v) is 3.51. The predicted octanol–water partition coefficient (Wildman–Crippen LogP) is 2.86. The minimum absolute atomic E-state index is 0.131. The number of carboxylic acid groups (broad SMARTS) is 1. The molecule has 1 fully saturated rings. The van der Waals surface area contributed by atoms with Crippen molar-refractivity contribution in [3.63, 3.8) is 0 Å². The Morgan fingerprint density at radius 2 is 1.72 bits per heavy atom. The number of esters is 1. The zero-order valence-electron chi connectivity index (χ0n) is 11.5. The molecule has 0 bridgehead atoms. The lowest BCUT2D eigenvalue weighted by Crippen LogP contribution is -2.35. The van der Waals surface area contributed by atoms with Crippen LogP contribution < -0.4 is 0 Å². The van der Waals surface area contributed by atoms with Gasteiger partial charge in [0.1, 0.15) is 0 Å². The van der Waals surface area contributed by atoms with Gasteiger partial charge >= 0.3 is 11.9 Å². The molecule has 0 aliphatic heterocycles. The summed E-state index contributed by atoms with van der Waals surface area (Å²) >= 11 is 0. The Kier molecular flexibility index (Phi) is 5.63. The average molecular weight is 256 g/mol. The van der Waals surface area contributed by atoms with Crippen LogP contribution in [-0.2, 0) is 14.3 Å². The van der Waals surface area contributed by atoms with Crippen LogP contribution in [0.5, 0.6) is 0 Å². The summed E-state index contributed by atoms with van der Waals surface area (Å²) in [6, 6.07) is 0. The first kappa shape index (κ1) is 15.0. The fourth-order valence-corrected chi connectivity index (χ4v) is 2.71. The molecule has 0 spiro atoms. The summed E-state index contributed by atoms with van der Waals surface area (Å²) in [5.74, 6) is -1.73. The summed E-state index contributed by atoms with van der Waals surface area (Å²) in [5.41, 5.74) is 0. The van der Waals surface area contributed by atoms with Gasteiger partial charge in [0.2, 0.25) is 0 Å². The molecule has 3 unspecified atom stereocenters. The maximum atomic E-state index is 12.0. The maximum absolute atomic E-state index is 12.0. The van der Waals surface area contributed by atoms with Gasteiger partial charge in [-0.3, -0.25) is 9.59 Å². The van der Waals surface area contributed by atoms with Crippen molar-refractivity contribution in [3.8, 4) is 0 Å². The second-order valence-electron chi connectivity index (χ2n) is 5.71. The summed E-state index contributed by atoms with van der Waals surface area (Å²) in [6.07, 6.45) is 3.73. The largest absolute Gasteiger partial charge is 0.481 e. The number of hydrogen-bond donors (Lipinski definition) is 1. The number of aliphatic carboxylic acids is 1. The van der Waals surface area contributed by atoms with E-state index in [1.54, 1.807) is 0 Å². The molecule has 0 aromatic rings. The quantitative estimate of drug-likeness (QED) is 0.768. The number of carbonyl (C=O) groups is 2. The highest BCUT2D eigenvalue weighted by molar-refractivity contribution is 5.81. The van der Waals surface area contributed by atoms with E-state index < -0.39 is 17.8 Å². The Hall–Kier alpha value is -1.06. The summed E-state index contributed by atoms with van der Waals surface area (Å²) in [6.45, 7) is 6.02. The van der Waals surface area contributed by atoms with Gasteiger partial charge in [0.25, 0.3) is 0 Å². The highest BCUT2D eigenvalue weighted by Crippen LogP contribution is 2.31. The van der Waals surface area contributed by atoms with Crippen LogP contribution >= 0.6 is 0 Å². The van der Waals surface area contributed by atoms with E-state index in [1.165, 1.54) is 0 Å². The molecule has 0 heterocycles. The fraction of sp³-hybridized carbons (Fsp3) is 0.857. The van der Waals surface area contributed by atoms with Crippen molar-refractivity contribution in [2.45, 2.75) is 59.0 Å². The van der Waals surface area contributed by atoms with E-state index in [0.717, 1.165) is 19.3 Å². The third-order valence-electron chi connectivity index (χ3n) is 3.51. The number of carbonyl (C=O) groups excluding carboxylic acids is 1. The first-order chi connectivity index (χ1) is 8.41. The van der Waals surface area contributed by atoms with Gasteiger partial charge in [-0.15, -0.1) is 0 Å². The first-order valence-corrected chi connectivity index (χ1v) is 6.85. The van der Waals surface area contributed by atoms with Crippen molar-refractivity contribution in [1.82, 2.24) is 0 Å². The minimum atomic E-state index is -0.867. The number of ether oxygens (including phenoxy) is 1. The second-order valence-corrected chi connectivity index (χ2v) is 5.71. The average Bonchev–Trinajstić information content (AvgIpc) is 2.27. The molecule has 18 heavy (non-hydrogen) atoms. The van der Waals surface area contributed by atoms with E-state index >= 15 is 0 Å². The minimum Gasteiger partial charge on any atom is -0.481 e. The van der Waals surface area contributed by atoms with Crippen LogP contribution in [0.15, 0.2) is 0 Å². The first-order valence-electron chi connectivity index (χ1n) is 6.85. The molecule has 104 valence electrons. The van der Waals surface area contributed by atoms with Crippen molar-refractivity contribution in [3.05, 3.63) is 0 Å². The number of rotatable bonds is 5. The summed E-state index contributed by atoms with van der Waals surface area (Å²) in [4.78, 5) is 23.1. The van der Waals surface area contributed by atoms with Gasteiger partial charge in [-0.05, 0) is 32.1 Å². The molecular formula is C14H24O4. The SMILES string of the molecule is CC(C)CC(C)OC(=O)C1CCCCC1C(=O)O. The van der Waals surface area contributed by atoms with E-state index in [4.69, 9.17) is 9.84 Å². The fourth-order valence-electron chi connectivity index (χ4n) is 2.71. The van der Waals surface area contributed by atoms with Gasteiger partial charge in [0.15, 0.2) is 0 Å². The second kappa shape index (κ2) is 6.76. The molecule has 1 aliphatic carbocycles. The molecule has 1 aliphatic rings. The Bertz CT molecular complexity index is 298. The normalized spacial score (nSPS) is 25.8. The Morgan fingerprint density at radius 1 is 1.17 bits per heavy atom. The molecule has 3 atom stereocenters. The van der Waals surface area contributed by atoms with Crippen LogP contribution in [0.1, 0.15) is 52.9 Å². The zero-order valence-corrected chi connectivity index (χ0v) is 11.5. The lowest BCUT2D eigenvalue weighted by Gasteiger charge is -2.28. The highest BCUT2D eigenvalue weighted by atomic mass is 16.5. The van der Waals surface area contributed by atoms with Gasteiger partial charge in [0.05, 0.1) is 17.9 Å². The van der Waals surface area contributed by atoms with Crippen LogP contribution in [0.4, 0.5) is 0 Å². The monoisotopic (exact) mass is 256 g/mol. The van der Waals surface area contributed by atoms with Crippen molar-refractivity contribution < 1.29 is 19.4 Å². The van der Waals surface area contributed by atoms with E-state index in [2.05, 4.69) is 13.8 Å². The molecule has 0 amide bonds. The van der Waals surface area contributed by atoms with Gasteiger partial charge in [-0.2, -0.15) is 0 Å². The molecule has 1 rings (SSSR count). The van der Waals surface area contributed by atoms with Gasteiger partial charge in [-0.1, -0.05) is 26.7 Å². The predicted molar refractivity (Wildman–Crippen MR) is 68.1 cm³/mol. The lowest BCUT2D eigenvalue weighted by atomic mass is 9.79. The summed E-state index contributed by atoms with van der Waals surface area (Å²) in [7, 11) is 0. The molecular weight excluding hydrogens is 232 g/mol. The smallest absolute Gasteiger partial charge is 0.310 e. The zero-order chi connectivity index (χ0) is 13.7. The van der Waals surface area contributed by atoms with Gasteiger partial charge in [-0.25, -0.2) is 0 Å². The van der Waals surface area contributed by atoms with Crippen molar-refractivity contribution in [2.75, 3.05) is 0 Å². The van der Waals surface area contributed by atoms with Crippen LogP contribution in [0.3, 0.4) is 0 Å². The molecule has 1 saturated carbocycles. The molecule has 0 saturated heterocycles. The van der Waals surface area contributed by atoms with Crippen molar-refractivity contribution in [1.29, 1.82) is 0 Å².